The summed E-state index contributed by atoms with van der Waals surface area (Å²) in [5, 5.41) is 8.80. The van der Waals surface area contributed by atoms with Crippen molar-refractivity contribution in [1.29, 1.82) is 0 Å². The Morgan fingerprint density at radius 2 is 1.90 bits per heavy atom. The van der Waals surface area contributed by atoms with Gasteiger partial charge in [-0.2, -0.15) is 0 Å². The van der Waals surface area contributed by atoms with Crippen LogP contribution in [-0.4, -0.2) is 47.0 Å². The van der Waals surface area contributed by atoms with Crippen LogP contribution in [0.1, 0.15) is 25.5 Å². The van der Waals surface area contributed by atoms with Crippen molar-refractivity contribution in [2.75, 3.05) is 34.4 Å². The molecule has 31 heavy (non-hydrogen) atoms. The van der Waals surface area contributed by atoms with Gasteiger partial charge in [-0.1, -0.05) is 5.16 Å². The molecular formula is C21H27N5O4S. The van der Waals surface area contributed by atoms with Gasteiger partial charge in [-0.15, -0.1) is 11.8 Å². The maximum absolute atomic E-state index is 12.2. The number of rotatable bonds is 8. The van der Waals surface area contributed by atoms with Crippen molar-refractivity contribution in [3.8, 4) is 0 Å². The highest BCUT2D eigenvalue weighted by Gasteiger charge is 2.23. The number of carbonyl (C=O) groups is 3. The van der Waals surface area contributed by atoms with E-state index in [2.05, 4.69) is 20.7 Å². The van der Waals surface area contributed by atoms with E-state index < -0.39 is 5.25 Å². The molecule has 2 aromatic rings. The zero-order valence-electron chi connectivity index (χ0n) is 17.6. The summed E-state index contributed by atoms with van der Waals surface area (Å²) in [7, 11) is 0. The van der Waals surface area contributed by atoms with Gasteiger partial charge in [-0.3, -0.25) is 14.4 Å². The van der Waals surface area contributed by atoms with Gasteiger partial charge in [0.25, 0.3) is 0 Å². The second-order valence-corrected chi connectivity index (χ2v) is 8.85. The lowest BCUT2D eigenvalue weighted by Gasteiger charge is -2.32. The minimum atomic E-state index is -0.423. The number of nitrogens with zero attached hydrogens (tertiary/aromatic N) is 2. The third-order valence-electron chi connectivity index (χ3n) is 5.13. The number of hydrogen-bond donors (Lipinski definition) is 3. The number of carbonyl (C=O) groups excluding carboxylic acids is 3. The Morgan fingerprint density at radius 1 is 1.23 bits per heavy atom. The third kappa shape index (κ3) is 6.48. The van der Waals surface area contributed by atoms with Gasteiger partial charge in [0.15, 0.2) is 5.82 Å². The number of nitrogens with two attached hydrogens (primary N) is 1. The van der Waals surface area contributed by atoms with Gasteiger partial charge in [0.05, 0.1) is 11.0 Å². The average Bonchev–Trinajstić information content (AvgIpc) is 3.17. The van der Waals surface area contributed by atoms with E-state index in [0.717, 1.165) is 31.6 Å². The van der Waals surface area contributed by atoms with Crippen LogP contribution in [0.5, 0.6) is 0 Å². The molecule has 3 amide bonds. The lowest BCUT2D eigenvalue weighted by atomic mass is 9.96. The fourth-order valence-corrected chi connectivity index (χ4v) is 3.99. The molecule has 2 heterocycles. The van der Waals surface area contributed by atoms with E-state index in [9.17, 15) is 14.4 Å². The number of aryl methyl sites for hydroxylation is 1. The molecule has 0 radical (unpaired) electrons. The molecule has 1 aromatic heterocycles. The Morgan fingerprint density at radius 3 is 2.48 bits per heavy atom. The largest absolute Gasteiger partial charge is 0.371 e. The fourth-order valence-electron chi connectivity index (χ4n) is 3.30. The standard InChI is InChI=1S/C21H27N5O4S/c1-13-11-18(25-30-13)24-21(29)14(2)31-12-19(27)23-16-3-5-17(6-4-16)26-9-7-15(8-10-26)20(22)28/h3-6,11,14-15H,7-10,12H2,1-2H3,(H2,22,28)(H,23,27)(H,24,25,29). The summed E-state index contributed by atoms with van der Waals surface area (Å²) >= 11 is 1.24. The molecular weight excluding hydrogens is 418 g/mol. The zero-order chi connectivity index (χ0) is 22.4. The van der Waals surface area contributed by atoms with Crippen molar-refractivity contribution in [1.82, 2.24) is 5.16 Å². The molecule has 1 fully saturated rings. The van der Waals surface area contributed by atoms with E-state index in [1.807, 2.05) is 24.3 Å². The molecule has 0 spiro atoms. The molecule has 1 aliphatic heterocycles. The van der Waals surface area contributed by atoms with E-state index in [1.54, 1.807) is 19.9 Å². The molecule has 0 bridgehead atoms. The van der Waals surface area contributed by atoms with Crippen LogP contribution in [-0.2, 0) is 14.4 Å². The number of primary amides is 1. The first-order valence-corrected chi connectivity index (χ1v) is 11.2. The monoisotopic (exact) mass is 445 g/mol. The molecule has 1 atom stereocenters. The number of piperidine rings is 1. The first kappa shape index (κ1) is 22.7. The highest BCUT2D eigenvalue weighted by atomic mass is 32.2. The Labute approximate surface area is 185 Å². The Bertz CT molecular complexity index is 922. The molecule has 1 unspecified atom stereocenters. The third-order valence-corrected chi connectivity index (χ3v) is 6.27. The molecule has 1 saturated heterocycles. The maximum atomic E-state index is 12.2. The molecule has 3 rings (SSSR count). The van der Waals surface area contributed by atoms with Crippen LogP contribution in [0.4, 0.5) is 17.2 Å². The zero-order valence-corrected chi connectivity index (χ0v) is 18.4. The predicted octanol–water partition coefficient (Wildman–Crippen LogP) is 2.38. The number of thioether (sulfide) groups is 1. The molecule has 1 aliphatic rings. The second kappa shape index (κ2) is 10.3. The summed E-state index contributed by atoms with van der Waals surface area (Å²) in [4.78, 5) is 37.9. The van der Waals surface area contributed by atoms with Crippen LogP contribution in [0.25, 0.3) is 0 Å². The van der Waals surface area contributed by atoms with Gasteiger partial charge in [0.2, 0.25) is 17.7 Å². The van der Waals surface area contributed by atoms with Crippen molar-refractivity contribution in [3.63, 3.8) is 0 Å². The van der Waals surface area contributed by atoms with Gasteiger partial charge in [0, 0.05) is 36.4 Å². The average molecular weight is 446 g/mol. The van der Waals surface area contributed by atoms with Crippen LogP contribution in [0.2, 0.25) is 0 Å². The number of benzene rings is 1. The van der Waals surface area contributed by atoms with Crippen molar-refractivity contribution in [2.24, 2.45) is 11.7 Å². The van der Waals surface area contributed by atoms with Crippen molar-refractivity contribution in [3.05, 3.63) is 36.1 Å². The van der Waals surface area contributed by atoms with Crippen LogP contribution in [0, 0.1) is 12.8 Å². The number of nitrogens with one attached hydrogen (secondary N) is 2. The van der Waals surface area contributed by atoms with Crippen LogP contribution in [0.15, 0.2) is 34.9 Å². The minimum Gasteiger partial charge on any atom is -0.371 e. The van der Waals surface area contributed by atoms with E-state index in [0.29, 0.717) is 17.3 Å². The lowest BCUT2D eigenvalue weighted by molar-refractivity contribution is -0.122. The number of amides is 3. The highest BCUT2D eigenvalue weighted by molar-refractivity contribution is 8.01. The van der Waals surface area contributed by atoms with Crippen LogP contribution >= 0.6 is 11.8 Å². The number of aromatic nitrogens is 1. The molecule has 0 aliphatic carbocycles. The van der Waals surface area contributed by atoms with Crippen LogP contribution < -0.4 is 21.3 Å². The van der Waals surface area contributed by atoms with Gasteiger partial charge in [-0.05, 0) is 51.0 Å². The first-order valence-electron chi connectivity index (χ1n) is 10.1. The van der Waals surface area contributed by atoms with E-state index in [4.69, 9.17) is 10.3 Å². The van der Waals surface area contributed by atoms with E-state index in [-0.39, 0.29) is 29.4 Å². The second-order valence-electron chi connectivity index (χ2n) is 7.52. The summed E-state index contributed by atoms with van der Waals surface area (Å²) in [6.07, 6.45) is 1.51. The first-order chi connectivity index (χ1) is 14.8. The molecule has 166 valence electrons. The Kier molecular flexibility index (Phi) is 7.56. The predicted molar refractivity (Wildman–Crippen MR) is 121 cm³/mol. The minimum absolute atomic E-state index is 0.0446. The summed E-state index contributed by atoms with van der Waals surface area (Å²) in [5.41, 5.74) is 7.12. The number of hydrogen-bond acceptors (Lipinski definition) is 7. The Balaban J connectivity index is 1.42. The summed E-state index contributed by atoms with van der Waals surface area (Å²) in [6.45, 7) is 5.04. The highest BCUT2D eigenvalue weighted by Crippen LogP contribution is 2.24. The van der Waals surface area contributed by atoms with Crippen molar-refractivity contribution < 1.29 is 18.9 Å². The number of anilines is 3. The Hall–Kier alpha value is -3.01. The molecule has 1 aromatic carbocycles. The smallest absolute Gasteiger partial charge is 0.238 e. The fraction of sp³-hybridized carbons (Fsp3) is 0.429. The van der Waals surface area contributed by atoms with E-state index >= 15 is 0 Å². The quantitative estimate of drug-likeness (QED) is 0.569. The van der Waals surface area contributed by atoms with Crippen molar-refractivity contribution >= 4 is 46.7 Å². The summed E-state index contributed by atoms with van der Waals surface area (Å²) in [6, 6.07) is 9.22. The molecule has 0 saturated carbocycles. The van der Waals surface area contributed by atoms with Gasteiger partial charge in [-0.25, -0.2) is 0 Å². The van der Waals surface area contributed by atoms with Gasteiger partial charge < -0.3 is 25.8 Å². The van der Waals surface area contributed by atoms with E-state index in [1.165, 1.54) is 11.8 Å². The SMILES string of the molecule is Cc1cc(NC(=O)C(C)SCC(=O)Nc2ccc(N3CCC(C(N)=O)CC3)cc2)no1. The van der Waals surface area contributed by atoms with Crippen molar-refractivity contribution in [2.45, 2.75) is 31.9 Å². The summed E-state index contributed by atoms with van der Waals surface area (Å²) in [5.74, 6) is 0.420. The van der Waals surface area contributed by atoms with Gasteiger partial charge >= 0.3 is 0 Å². The molecule has 4 N–H and O–H groups in total. The molecule has 9 nitrogen and oxygen atoms in total. The van der Waals surface area contributed by atoms with Crippen LogP contribution in [0.3, 0.4) is 0 Å². The topological polar surface area (TPSA) is 131 Å². The lowest BCUT2D eigenvalue weighted by Crippen LogP contribution is -2.38. The maximum Gasteiger partial charge on any atom is 0.238 e. The van der Waals surface area contributed by atoms with Gasteiger partial charge in [0.1, 0.15) is 5.76 Å². The molecule has 10 heteroatoms. The normalized spacial score (nSPS) is 15.4. The summed E-state index contributed by atoms with van der Waals surface area (Å²) < 4.78 is 4.91.